The van der Waals surface area contributed by atoms with Crippen molar-refractivity contribution in [1.82, 2.24) is 15.2 Å². The molecule has 3 nitrogen and oxygen atoms in total. The number of pyridine rings is 1. The van der Waals surface area contributed by atoms with Gasteiger partial charge in [0.1, 0.15) is 11.4 Å². The Morgan fingerprint density at radius 2 is 1.76 bits per heavy atom. The molecule has 0 saturated heterocycles. The van der Waals surface area contributed by atoms with Gasteiger partial charge in [0.25, 0.3) is 0 Å². The molecule has 0 fully saturated rings. The van der Waals surface area contributed by atoms with Crippen LogP contribution in [0.4, 0.5) is 13.2 Å². The van der Waals surface area contributed by atoms with Crippen molar-refractivity contribution in [2.45, 2.75) is 91.2 Å². The van der Waals surface area contributed by atoms with E-state index in [0.29, 0.717) is 30.1 Å². The average Bonchev–Trinajstić information content (AvgIpc) is 3.47. The maximum absolute atomic E-state index is 13.5. The van der Waals surface area contributed by atoms with E-state index in [1.807, 2.05) is 6.07 Å². The molecule has 1 atom stereocenters. The van der Waals surface area contributed by atoms with Crippen LogP contribution in [0.5, 0.6) is 0 Å². The van der Waals surface area contributed by atoms with Gasteiger partial charge in [-0.05, 0) is 49.4 Å². The highest BCUT2D eigenvalue weighted by Crippen LogP contribution is 2.36. The summed E-state index contributed by atoms with van der Waals surface area (Å²) in [5.41, 5.74) is 1.24. The molecule has 0 spiro atoms. The molecule has 0 saturated carbocycles. The van der Waals surface area contributed by atoms with Gasteiger partial charge in [0.2, 0.25) is 0 Å². The third-order valence-corrected chi connectivity index (χ3v) is 7.57. The third kappa shape index (κ3) is 6.94. The standard InChI is InChI=1S/C27H36F3N3S/c1-4-7-9-10-12-22-25(32-33-26(22)27(28,29)30)23-15-13-20(18-31-23)24-16-14-21(34-24)17-19(6-3)11-8-5-2/h13-16,18-19H,4-12,17H2,1-3H3,(H,32,33). The number of nitrogens with zero attached hydrogens (tertiary/aromatic N) is 2. The van der Waals surface area contributed by atoms with Gasteiger partial charge in [-0.3, -0.25) is 10.1 Å². The predicted octanol–water partition coefficient (Wildman–Crippen LogP) is 9.10. The van der Waals surface area contributed by atoms with Crippen LogP contribution >= 0.6 is 11.3 Å². The Kier molecular flexibility index (Phi) is 9.74. The second-order valence-corrected chi connectivity index (χ2v) is 10.2. The van der Waals surface area contributed by atoms with Gasteiger partial charge in [0.15, 0.2) is 0 Å². The Bertz CT molecular complexity index is 1010. The number of rotatable bonds is 13. The van der Waals surface area contributed by atoms with Crippen LogP contribution in [0.3, 0.4) is 0 Å². The average molecular weight is 492 g/mol. The summed E-state index contributed by atoms with van der Waals surface area (Å²) in [5.74, 6) is 0.713. The molecule has 1 unspecified atom stereocenters. The quantitative estimate of drug-likeness (QED) is 0.242. The maximum atomic E-state index is 13.5. The summed E-state index contributed by atoms with van der Waals surface area (Å²) < 4.78 is 40.6. The minimum atomic E-state index is -4.45. The van der Waals surface area contributed by atoms with E-state index in [2.05, 4.69) is 48.1 Å². The summed E-state index contributed by atoms with van der Waals surface area (Å²) in [6.45, 7) is 6.57. The Morgan fingerprint density at radius 1 is 0.971 bits per heavy atom. The Balaban J connectivity index is 1.77. The van der Waals surface area contributed by atoms with E-state index < -0.39 is 11.9 Å². The number of aromatic nitrogens is 3. The van der Waals surface area contributed by atoms with E-state index in [0.717, 1.165) is 36.1 Å². The first-order chi connectivity index (χ1) is 16.4. The van der Waals surface area contributed by atoms with Crippen molar-refractivity contribution >= 4 is 11.3 Å². The lowest BCUT2D eigenvalue weighted by molar-refractivity contribution is -0.141. The molecule has 0 bridgehead atoms. The molecule has 1 N–H and O–H groups in total. The molecular formula is C27H36F3N3S. The van der Waals surface area contributed by atoms with Gasteiger partial charge in [0, 0.05) is 27.1 Å². The lowest BCUT2D eigenvalue weighted by atomic mass is 9.95. The van der Waals surface area contributed by atoms with Gasteiger partial charge in [-0.15, -0.1) is 11.3 Å². The van der Waals surface area contributed by atoms with Crippen molar-refractivity contribution in [3.8, 4) is 21.8 Å². The number of aromatic amines is 1. The number of H-pyrrole nitrogens is 1. The van der Waals surface area contributed by atoms with Gasteiger partial charge in [0.05, 0.1) is 5.69 Å². The number of alkyl halides is 3. The van der Waals surface area contributed by atoms with Crippen LogP contribution in [0.15, 0.2) is 30.5 Å². The molecule has 3 aromatic rings. The third-order valence-electron chi connectivity index (χ3n) is 6.42. The Hall–Kier alpha value is -2.15. The summed E-state index contributed by atoms with van der Waals surface area (Å²) >= 11 is 1.78. The zero-order valence-corrected chi connectivity index (χ0v) is 21.3. The van der Waals surface area contributed by atoms with E-state index in [9.17, 15) is 13.2 Å². The summed E-state index contributed by atoms with van der Waals surface area (Å²) in [4.78, 5) is 7.02. The second kappa shape index (κ2) is 12.5. The van der Waals surface area contributed by atoms with E-state index in [1.165, 1.54) is 30.6 Å². The highest BCUT2D eigenvalue weighted by atomic mass is 32.1. The SMILES string of the molecule is CCCCCCc1c(-c2ccc(-c3ccc(CC(CC)CCCC)s3)cn2)n[nH]c1C(F)(F)F. The lowest BCUT2D eigenvalue weighted by Gasteiger charge is -2.12. The molecule has 3 rings (SSSR count). The topological polar surface area (TPSA) is 41.6 Å². The Morgan fingerprint density at radius 3 is 2.41 bits per heavy atom. The summed E-state index contributed by atoms with van der Waals surface area (Å²) in [6.07, 6.45) is 7.35. The normalized spacial score (nSPS) is 12.9. The molecular weight excluding hydrogens is 455 g/mol. The van der Waals surface area contributed by atoms with Gasteiger partial charge in [-0.25, -0.2) is 0 Å². The monoisotopic (exact) mass is 491 g/mol. The lowest BCUT2D eigenvalue weighted by Crippen LogP contribution is -2.09. The molecule has 3 heterocycles. The molecule has 7 heteroatoms. The van der Waals surface area contributed by atoms with Crippen LogP contribution in [0, 0.1) is 5.92 Å². The molecule has 0 radical (unpaired) electrons. The highest BCUT2D eigenvalue weighted by Gasteiger charge is 2.37. The largest absolute Gasteiger partial charge is 0.433 e. The van der Waals surface area contributed by atoms with Crippen LogP contribution in [0.1, 0.15) is 88.3 Å². The van der Waals surface area contributed by atoms with E-state index in [1.54, 1.807) is 23.6 Å². The van der Waals surface area contributed by atoms with Crippen LogP contribution in [0.2, 0.25) is 0 Å². The molecule has 0 amide bonds. The van der Waals surface area contributed by atoms with Crippen molar-refractivity contribution in [3.63, 3.8) is 0 Å². The zero-order valence-electron chi connectivity index (χ0n) is 20.5. The van der Waals surface area contributed by atoms with E-state index in [4.69, 9.17) is 0 Å². The van der Waals surface area contributed by atoms with Crippen molar-refractivity contribution < 1.29 is 13.2 Å². The summed E-state index contributed by atoms with van der Waals surface area (Å²) in [5, 5.41) is 6.25. The van der Waals surface area contributed by atoms with Gasteiger partial charge < -0.3 is 0 Å². The fourth-order valence-electron chi connectivity index (χ4n) is 4.33. The molecule has 0 aliphatic carbocycles. The van der Waals surface area contributed by atoms with E-state index in [-0.39, 0.29) is 5.56 Å². The molecule has 0 aliphatic heterocycles. The predicted molar refractivity (Wildman–Crippen MR) is 135 cm³/mol. The van der Waals surface area contributed by atoms with Crippen molar-refractivity contribution in [1.29, 1.82) is 0 Å². The molecule has 34 heavy (non-hydrogen) atoms. The zero-order chi connectivity index (χ0) is 24.6. The minimum absolute atomic E-state index is 0.222. The first-order valence-corrected chi connectivity index (χ1v) is 13.4. The number of nitrogens with one attached hydrogen (secondary N) is 1. The van der Waals surface area contributed by atoms with Crippen LogP contribution < -0.4 is 0 Å². The first-order valence-electron chi connectivity index (χ1n) is 12.6. The van der Waals surface area contributed by atoms with Gasteiger partial charge >= 0.3 is 6.18 Å². The van der Waals surface area contributed by atoms with Crippen molar-refractivity contribution in [2.24, 2.45) is 5.92 Å². The summed E-state index contributed by atoms with van der Waals surface area (Å²) in [7, 11) is 0. The molecule has 186 valence electrons. The fraction of sp³-hybridized carbons (Fsp3) is 0.556. The molecule has 3 aromatic heterocycles. The number of thiophene rings is 1. The number of unbranched alkanes of at least 4 members (excludes halogenated alkanes) is 4. The smallest absolute Gasteiger partial charge is 0.273 e. The van der Waals surface area contributed by atoms with Gasteiger partial charge in [-0.1, -0.05) is 65.7 Å². The van der Waals surface area contributed by atoms with E-state index >= 15 is 0 Å². The summed E-state index contributed by atoms with van der Waals surface area (Å²) in [6, 6.07) is 8.05. The number of hydrogen-bond donors (Lipinski definition) is 1. The van der Waals surface area contributed by atoms with Gasteiger partial charge in [-0.2, -0.15) is 18.3 Å². The number of hydrogen-bond acceptors (Lipinski definition) is 3. The molecule has 0 aromatic carbocycles. The van der Waals surface area contributed by atoms with Crippen molar-refractivity contribution in [3.05, 3.63) is 46.6 Å². The van der Waals surface area contributed by atoms with Crippen molar-refractivity contribution in [2.75, 3.05) is 0 Å². The number of halogens is 3. The van der Waals surface area contributed by atoms with Crippen LogP contribution in [-0.2, 0) is 19.0 Å². The first kappa shape index (κ1) is 26.5. The fourth-order valence-corrected chi connectivity index (χ4v) is 5.45. The second-order valence-electron chi connectivity index (χ2n) is 9.05. The molecule has 0 aliphatic rings. The Labute approximate surface area is 205 Å². The highest BCUT2D eigenvalue weighted by molar-refractivity contribution is 7.15. The van der Waals surface area contributed by atoms with Crippen LogP contribution in [-0.4, -0.2) is 15.2 Å². The van der Waals surface area contributed by atoms with Crippen LogP contribution in [0.25, 0.3) is 21.8 Å². The minimum Gasteiger partial charge on any atom is -0.273 e. The maximum Gasteiger partial charge on any atom is 0.433 e.